The number of aliphatic hydroxyl groups is 1. The Balaban J connectivity index is 1.51. The lowest BCUT2D eigenvalue weighted by Gasteiger charge is -2.27. The van der Waals surface area contributed by atoms with Crippen LogP contribution in [0.5, 0.6) is 0 Å². The van der Waals surface area contributed by atoms with Crippen LogP contribution in [0.2, 0.25) is 0 Å². The largest absolute Gasteiger partial charge is 0.463 e. The van der Waals surface area contributed by atoms with Crippen LogP contribution in [0.4, 0.5) is 0 Å². The van der Waals surface area contributed by atoms with E-state index in [1.54, 1.807) is 0 Å². The predicted octanol–water partition coefficient (Wildman–Crippen LogP) is 4.24. The molecule has 1 atom stereocenters. The zero-order valence-corrected chi connectivity index (χ0v) is 15.4. The highest BCUT2D eigenvalue weighted by atomic mass is 16.6. The molecule has 140 valence electrons. The van der Waals surface area contributed by atoms with Crippen molar-refractivity contribution in [3.05, 3.63) is 0 Å². The fourth-order valence-corrected chi connectivity index (χ4v) is 4.10. The molecule has 0 aliphatic heterocycles. The SMILES string of the molecule is CC(O)CCCC1CCC(C(=O)OCCOC2CCCCC2)CC1. The van der Waals surface area contributed by atoms with Crippen LogP contribution < -0.4 is 0 Å². The van der Waals surface area contributed by atoms with Gasteiger partial charge in [-0.3, -0.25) is 4.79 Å². The molecule has 0 bridgehead atoms. The first-order valence-corrected chi connectivity index (χ1v) is 10.1. The molecule has 1 unspecified atom stereocenters. The van der Waals surface area contributed by atoms with Crippen molar-refractivity contribution < 1.29 is 19.4 Å². The van der Waals surface area contributed by atoms with Crippen LogP contribution in [0.15, 0.2) is 0 Å². The number of ether oxygens (including phenoxy) is 2. The second-order valence-corrected chi connectivity index (χ2v) is 7.80. The summed E-state index contributed by atoms with van der Waals surface area (Å²) in [5.41, 5.74) is 0. The van der Waals surface area contributed by atoms with Crippen molar-refractivity contribution in [1.29, 1.82) is 0 Å². The molecule has 2 rings (SSSR count). The van der Waals surface area contributed by atoms with Gasteiger partial charge in [-0.1, -0.05) is 32.1 Å². The fourth-order valence-electron chi connectivity index (χ4n) is 4.10. The molecule has 0 aromatic rings. The van der Waals surface area contributed by atoms with Gasteiger partial charge in [0, 0.05) is 0 Å². The lowest BCUT2D eigenvalue weighted by Crippen LogP contribution is -2.26. The van der Waals surface area contributed by atoms with Gasteiger partial charge in [0.25, 0.3) is 0 Å². The van der Waals surface area contributed by atoms with E-state index < -0.39 is 0 Å². The predicted molar refractivity (Wildman–Crippen MR) is 94.8 cm³/mol. The number of carbonyl (C=O) groups is 1. The van der Waals surface area contributed by atoms with Crippen LogP contribution in [0.25, 0.3) is 0 Å². The number of aliphatic hydroxyl groups excluding tert-OH is 1. The third-order valence-electron chi connectivity index (χ3n) is 5.65. The van der Waals surface area contributed by atoms with E-state index in [2.05, 4.69) is 0 Å². The molecule has 2 saturated carbocycles. The van der Waals surface area contributed by atoms with Crippen LogP contribution >= 0.6 is 0 Å². The molecule has 0 heterocycles. The summed E-state index contributed by atoms with van der Waals surface area (Å²) in [5.74, 6) is 0.791. The van der Waals surface area contributed by atoms with Crippen LogP contribution in [-0.4, -0.2) is 36.5 Å². The second kappa shape index (κ2) is 11.1. The van der Waals surface area contributed by atoms with Crippen molar-refractivity contribution >= 4 is 5.97 Å². The monoisotopic (exact) mass is 340 g/mol. The summed E-state index contributed by atoms with van der Waals surface area (Å²) in [7, 11) is 0. The molecular formula is C20H36O4. The van der Waals surface area contributed by atoms with Gasteiger partial charge in [-0.2, -0.15) is 0 Å². The minimum Gasteiger partial charge on any atom is -0.463 e. The quantitative estimate of drug-likeness (QED) is 0.504. The average molecular weight is 341 g/mol. The highest BCUT2D eigenvalue weighted by Gasteiger charge is 2.27. The summed E-state index contributed by atoms with van der Waals surface area (Å²) >= 11 is 0. The van der Waals surface area contributed by atoms with E-state index in [0.717, 1.165) is 57.3 Å². The first-order valence-electron chi connectivity index (χ1n) is 10.1. The minimum atomic E-state index is -0.188. The molecule has 0 aromatic carbocycles. The summed E-state index contributed by atoms with van der Waals surface area (Å²) in [6.45, 7) is 2.81. The Kier molecular flexibility index (Phi) is 9.11. The molecule has 24 heavy (non-hydrogen) atoms. The van der Waals surface area contributed by atoms with E-state index in [1.165, 1.54) is 25.7 Å². The van der Waals surface area contributed by atoms with E-state index in [4.69, 9.17) is 9.47 Å². The second-order valence-electron chi connectivity index (χ2n) is 7.80. The summed E-state index contributed by atoms with van der Waals surface area (Å²) in [6, 6.07) is 0. The fraction of sp³-hybridized carbons (Fsp3) is 0.950. The molecule has 0 saturated heterocycles. The van der Waals surface area contributed by atoms with E-state index in [1.807, 2.05) is 6.92 Å². The highest BCUT2D eigenvalue weighted by Crippen LogP contribution is 2.32. The maximum absolute atomic E-state index is 12.1. The van der Waals surface area contributed by atoms with Crippen molar-refractivity contribution in [1.82, 2.24) is 0 Å². The van der Waals surface area contributed by atoms with Gasteiger partial charge in [0.05, 0.1) is 24.7 Å². The van der Waals surface area contributed by atoms with E-state index >= 15 is 0 Å². The van der Waals surface area contributed by atoms with Crippen LogP contribution in [0, 0.1) is 11.8 Å². The van der Waals surface area contributed by atoms with Gasteiger partial charge in [-0.15, -0.1) is 0 Å². The first-order chi connectivity index (χ1) is 11.6. The van der Waals surface area contributed by atoms with Crippen molar-refractivity contribution in [3.8, 4) is 0 Å². The molecule has 0 aromatic heterocycles. The van der Waals surface area contributed by atoms with Gasteiger partial charge in [-0.25, -0.2) is 0 Å². The molecule has 0 amide bonds. The molecule has 2 fully saturated rings. The normalized spacial score (nSPS) is 26.9. The molecule has 0 spiro atoms. The number of esters is 1. The van der Waals surface area contributed by atoms with Gasteiger partial charge in [0.2, 0.25) is 0 Å². The zero-order valence-electron chi connectivity index (χ0n) is 15.4. The van der Waals surface area contributed by atoms with E-state index in [-0.39, 0.29) is 18.0 Å². The van der Waals surface area contributed by atoms with Gasteiger partial charge in [0.15, 0.2) is 0 Å². The summed E-state index contributed by atoms with van der Waals surface area (Å²) in [4.78, 5) is 12.1. The smallest absolute Gasteiger partial charge is 0.309 e. The van der Waals surface area contributed by atoms with Crippen molar-refractivity contribution in [2.45, 2.75) is 96.2 Å². The Morgan fingerprint density at radius 1 is 1.04 bits per heavy atom. The van der Waals surface area contributed by atoms with E-state index in [9.17, 15) is 9.90 Å². The molecule has 1 N–H and O–H groups in total. The maximum atomic E-state index is 12.1. The topological polar surface area (TPSA) is 55.8 Å². The molecule has 2 aliphatic carbocycles. The van der Waals surface area contributed by atoms with Crippen molar-refractivity contribution in [2.24, 2.45) is 11.8 Å². The number of hydrogen-bond acceptors (Lipinski definition) is 4. The van der Waals surface area contributed by atoms with Gasteiger partial charge in [-0.05, 0) is 57.8 Å². The Hall–Kier alpha value is -0.610. The van der Waals surface area contributed by atoms with Crippen molar-refractivity contribution in [2.75, 3.05) is 13.2 Å². The van der Waals surface area contributed by atoms with Crippen LogP contribution in [0.1, 0.15) is 84.0 Å². The maximum Gasteiger partial charge on any atom is 0.309 e. The standard InChI is InChI=1S/C20H36O4/c1-16(21)6-5-7-17-10-12-18(13-11-17)20(22)24-15-14-23-19-8-3-2-4-9-19/h16-19,21H,2-15H2,1H3. The first kappa shape index (κ1) is 19.7. The Bertz CT molecular complexity index is 342. The van der Waals surface area contributed by atoms with Gasteiger partial charge in [0.1, 0.15) is 6.61 Å². The lowest BCUT2D eigenvalue weighted by molar-refractivity contribution is -0.152. The number of rotatable bonds is 9. The summed E-state index contributed by atoms with van der Waals surface area (Å²) < 4.78 is 11.2. The average Bonchev–Trinajstić information content (AvgIpc) is 2.60. The van der Waals surface area contributed by atoms with Crippen LogP contribution in [-0.2, 0) is 14.3 Å². The molecule has 0 radical (unpaired) electrons. The number of hydrogen-bond donors (Lipinski definition) is 1. The van der Waals surface area contributed by atoms with Crippen molar-refractivity contribution in [3.63, 3.8) is 0 Å². The van der Waals surface area contributed by atoms with E-state index in [0.29, 0.717) is 19.3 Å². The Morgan fingerprint density at radius 3 is 2.42 bits per heavy atom. The molecular weight excluding hydrogens is 304 g/mol. The Morgan fingerprint density at radius 2 is 1.75 bits per heavy atom. The Labute approximate surface area is 147 Å². The highest BCUT2D eigenvalue weighted by molar-refractivity contribution is 5.72. The zero-order chi connectivity index (χ0) is 17.2. The lowest BCUT2D eigenvalue weighted by atomic mass is 9.80. The summed E-state index contributed by atoms with van der Waals surface area (Å²) in [5, 5.41) is 9.31. The third-order valence-corrected chi connectivity index (χ3v) is 5.65. The summed E-state index contributed by atoms with van der Waals surface area (Å²) in [6.07, 6.45) is 13.7. The number of carbonyl (C=O) groups excluding carboxylic acids is 1. The minimum absolute atomic E-state index is 0.0234. The molecule has 4 heteroatoms. The van der Waals surface area contributed by atoms with Crippen LogP contribution in [0.3, 0.4) is 0 Å². The van der Waals surface area contributed by atoms with Gasteiger partial charge >= 0.3 is 5.97 Å². The van der Waals surface area contributed by atoms with Gasteiger partial charge < -0.3 is 14.6 Å². The third kappa shape index (κ3) is 7.52. The molecule has 2 aliphatic rings. The molecule has 4 nitrogen and oxygen atoms in total.